The Balaban J connectivity index is 1.24. The van der Waals surface area contributed by atoms with Gasteiger partial charge >= 0.3 is 0 Å². The molecule has 2 N–H and O–H groups in total. The molecule has 2 aromatic carbocycles. The number of benzene rings is 2. The van der Waals surface area contributed by atoms with Crippen LogP contribution in [-0.4, -0.2) is 58.2 Å². The van der Waals surface area contributed by atoms with Crippen molar-refractivity contribution in [3.63, 3.8) is 0 Å². The van der Waals surface area contributed by atoms with E-state index in [-0.39, 0.29) is 38.8 Å². The lowest BCUT2D eigenvalue weighted by molar-refractivity contribution is -0.118. The number of unbranched alkanes of at least 4 members (excludes halogenated alkanes) is 13. The van der Waals surface area contributed by atoms with Crippen LogP contribution in [0.5, 0.6) is 0 Å². The molecule has 11 nitrogen and oxygen atoms in total. The zero-order valence-corrected chi connectivity index (χ0v) is 34.3. The average Bonchev–Trinajstić information content (AvgIpc) is 3.61. The van der Waals surface area contributed by atoms with Gasteiger partial charge in [0, 0.05) is 23.8 Å². The lowest BCUT2D eigenvalue weighted by Gasteiger charge is -2.25. The first-order valence-electron chi connectivity index (χ1n) is 20.0. The summed E-state index contributed by atoms with van der Waals surface area (Å²) in [4.78, 5) is 61.5. The fourth-order valence-electron chi connectivity index (χ4n) is 7.53. The molecule has 300 valence electrons. The van der Waals surface area contributed by atoms with Crippen LogP contribution >= 0.6 is 11.6 Å². The quantitative estimate of drug-likeness (QED) is 0.0328. The Bertz CT molecular complexity index is 2110. The summed E-state index contributed by atoms with van der Waals surface area (Å²) in [5.41, 5.74) is 1.51. The van der Waals surface area contributed by atoms with Crippen LogP contribution in [-0.2, 0) is 21.4 Å². The number of nitrogens with zero attached hydrogens (tertiary/aromatic N) is 3. The van der Waals surface area contributed by atoms with Gasteiger partial charge in [-0.3, -0.25) is 28.8 Å². The standard InChI is InChI=1S/C43H54ClN5O6S/c1-4-6-7-8-9-10-11-12-13-14-15-16-17-20-28-56(54,55)47-31-25-26-35(44)36(29-31)46-41(51)38(49-42(52)32-22-18-19-23-33(32)43(49)53)39(50)37-30(3)48(5-2)40-34(37)24-21-27-45-40/h18-19,21-27,29,38,47H,4-17,20,28H2,1-3H3,(H,46,51). The number of amides is 3. The molecule has 0 spiro atoms. The molecule has 0 aliphatic carbocycles. The van der Waals surface area contributed by atoms with Gasteiger partial charge in [0.1, 0.15) is 5.65 Å². The first-order chi connectivity index (χ1) is 27.0. The van der Waals surface area contributed by atoms with E-state index in [4.69, 9.17) is 11.6 Å². The van der Waals surface area contributed by atoms with Crippen molar-refractivity contribution in [3.05, 3.63) is 88.2 Å². The van der Waals surface area contributed by atoms with Gasteiger partial charge in [0.2, 0.25) is 10.0 Å². The van der Waals surface area contributed by atoms with Gasteiger partial charge in [-0.1, -0.05) is 114 Å². The molecule has 1 unspecified atom stereocenters. The highest BCUT2D eigenvalue weighted by atomic mass is 35.5. The Hall–Kier alpha value is -4.55. The predicted molar refractivity (Wildman–Crippen MR) is 223 cm³/mol. The Labute approximate surface area is 335 Å². The maximum Gasteiger partial charge on any atom is 0.262 e. The van der Waals surface area contributed by atoms with E-state index in [1.807, 2.05) is 11.5 Å². The molecule has 13 heteroatoms. The number of sulfonamides is 1. The number of anilines is 2. The lowest BCUT2D eigenvalue weighted by atomic mass is 9.99. The number of aromatic nitrogens is 2. The van der Waals surface area contributed by atoms with Crippen molar-refractivity contribution in [2.75, 3.05) is 15.8 Å². The van der Waals surface area contributed by atoms with Crippen molar-refractivity contribution in [2.24, 2.45) is 0 Å². The molecule has 3 amide bonds. The van der Waals surface area contributed by atoms with Gasteiger partial charge in [-0.2, -0.15) is 0 Å². The van der Waals surface area contributed by atoms with E-state index in [2.05, 4.69) is 21.9 Å². The summed E-state index contributed by atoms with van der Waals surface area (Å²) in [6.07, 6.45) is 17.9. The molecule has 1 aliphatic rings. The number of ketones is 1. The van der Waals surface area contributed by atoms with E-state index in [0.29, 0.717) is 34.6 Å². The number of carbonyl (C=O) groups is 4. The lowest BCUT2D eigenvalue weighted by Crippen LogP contribution is -2.52. The van der Waals surface area contributed by atoms with Crippen LogP contribution in [0.1, 0.15) is 141 Å². The molecule has 56 heavy (non-hydrogen) atoms. The second kappa shape index (κ2) is 20.0. The number of imide groups is 1. The molecule has 0 bridgehead atoms. The second-order valence-corrected chi connectivity index (χ2v) is 16.8. The van der Waals surface area contributed by atoms with Gasteiger partial charge < -0.3 is 9.88 Å². The van der Waals surface area contributed by atoms with Gasteiger partial charge in [-0.05, 0) is 62.7 Å². The minimum atomic E-state index is -3.72. The third-order valence-electron chi connectivity index (χ3n) is 10.5. The largest absolute Gasteiger partial charge is 0.329 e. The molecule has 5 rings (SSSR count). The molecule has 0 saturated heterocycles. The third kappa shape index (κ3) is 10.2. The van der Waals surface area contributed by atoms with Crippen molar-refractivity contribution < 1.29 is 27.6 Å². The fourth-order valence-corrected chi connectivity index (χ4v) is 8.87. The molecule has 0 fully saturated rings. The number of hydrogen-bond acceptors (Lipinski definition) is 7. The number of carbonyl (C=O) groups excluding carboxylic acids is 4. The fraction of sp³-hybridized carbons (Fsp3) is 0.465. The predicted octanol–water partition coefficient (Wildman–Crippen LogP) is 9.73. The highest BCUT2D eigenvalue weighted by Gasteiger charge is 2.47. The van der Waals surface area contributed by atoms with Crippen LogP contribution in [0.15, 0.2) is 60.8 Å². The number of pyridine rings is 1. The normalized spacial score (nSPS) is 13.3. The second-order valence-electron chi connectivity index (χ2n) is 14.6. The molecule has 1 atom stereocenters. The molecule has 0 saturated carbocycles. The summed E-state index contributed by atoms with van der Waals surface area (Å²) < 4.78 is 30.5. The molecule has 2 aromatic heterocycles. The average molecular weight is 804 g/mol. The topological polar surface area (TPSA) is 148 Å². The van der Waals surface area contributed by atoms with Crippen LogP contribution in [0.4, 0.5) is 11.4 Å². The number of halogens is 1. The first-order valence-corrected chi connectivity index (χ1v) is 22.1. The molecule has 4 aromatic rings. The first kappa shape index (κ1) is 42.6. The SMILES string of the molecule is CCCCCCCCCCCCCCCCS(=O)(=O)Nc1ccc(Cl)c(NC(=O)C(C(=O)c2c(C)n(CC)c3ncccc23)N2C(=O)c3ccccc3C2=O)c1. The molecular weight excluding hydrogens is 750 g/mol. The van der Waals surface area contributed by atoms with Gasteiger partial charge in [0.25, 0.3) is 17.7 Å². The van der Waals surface area contributed by atoms with E-state index < -0.39 is 39.6 Å². The van der Waals surface area contributed by atoms with Gasteiger partial charge in [-0.15, -0.1) is 0 Å². The molecule has 0 radical (unpaired) electrons. The number of hydrogen-bond donors (Lipinski definition) is 2. The summed E-state index contributed by atoms with van der Waals surface area (Å²) in [5, 5.41) is 3.15. The monoisotopic (exact) mass is 803 g/mol. The highest BCUT2D eigenvalue weighted by Crippen LogP contribution is 2.32. The van der Waals surface area contributed by atoms with Crippen molar-refractivity contribution in [1.29, 1.82) is 0 Å². The summed E-state index contributed by atoms with van der Waals surface area (Å²) in [6, 6.07) is 11.8. The van der Waals surface area contributed by atoms with Crippen molar-refractivity contribution in [3.8, 4) is 0 Å². The Morgan fingerprint density at radius 2 is 1.36 bits per heavy atom. The van der Waals surface area contributed by atoms with E-state index in [0.717, 1.165) is 19.3 Å². The van der Waals surface area contributed by atoms with Crippen LogP contribution < -0.4 is 10.0 Å². The van der Waals surface area contributed by atoms with E-state index >= 15 is 0 Å². The van der Waals surface area contributed by atoms with Gasteiger partial charge in [-0.25, -0.2) is 13.4 Å². The van der Waals surface area contributed by atoms with Crippen LogP contribution in [0.25, 0.3) is 11.0 Å². The van der Waals surface area contributed by atoms with E-state index in [1.165, 1.54) is 94.5 Å². The van der Waals surface area contributed by atoms with Crippen molar-refractivity contribution in [2.45, 2.75) is 123 Å². The van der Waals surface area contributed by atoms with Gasteiger partial charge in [0.05, 0.1) is 38.8 Å². The zero-order valence-electron chi connectivity index (χ0n) is 32.7. The van der Waals surface area contributed by atoms with E-state index in [9.17, 15) is 27.6 Å². The summed E-state index contributed by atoms with van der Waals surface area (Å²) in [6.45, 7) is 6.34. The number of nitrogens with one attached hydrogen (secondary N) is 2. The summed E-state index contributed by atoms with van der Waals surface area (Å²) >= 11 is 6.49. The highest BCUT2D eigenvalue weighted by molar-refractivity contribution is 7.92. The van der Waals surface area contributed by atoms with Crippen LogP contribution in [0.2, 0.25) is 5.02 Å². The molecular formula is C43H54ClN5O6S. The maximum absolute atomic E-state index is 14.6. The minimum Gasteiger partial charge on any atom is -0.329 e. The molecule has 1 aliphatic heterocycles. The Morgan fingerprint density at radius 3 is 1.93 bits per heavy atom. The van der Waals surface area contributed by atoms with Crippen LogP contribution in [0.3, 0.4) is 0 Å². The Kier molecular flexibility index (Phi) is 15.2. The molecule has 3 heterocycles. The minimum absolute atomic E-state index is 0.00264. The van der Waals surface area contributed by atoms with Crippen LogP contribution in [0, 0.1) is 6.92 Å². The number of fused-ring (bicyclic) bond motifs is 2. The number of rotatable bonds is 23. The van der Waals surface area contributed by atoms with Crippen molar-refractivity contribution >= 4 is 67.5 Å². The Morgan fingerprint density at radius 1 is 0.786 bits per heavy atom. The zero-order chi connectivity index (χ0) is 40.2. The number of Topliss-reactive ketones (excluding diaryl/α,β-unsaturated/α-hetero) is 1. The summed E-state index contributed by atoms with van der Waals surface area (Å²) in [7, 11) is -3.72. The summed E-state index contributed by atoms with van der Waals surface area (Å²) in [5.74, 6) is -3.41. The smallest absolute Gasteiger partial charge is 0.262 e. The third-order valence-corrected chi connectivity index (χ3v) is 12.2. The van der Waals surface area contributed by atoms with E-state index in [1.54, 1.807) is 37.4 Å². The van der Waals surface area contributed by atoms with Crippen molar-refractivity contribution in [1.82, 2.24) is 14.5 Å². The maximum atomic E-state index is 14.6. The number of aryl methyl sites for hydroxylation is 1. The van der Waals surface area contributed by atoms with Gasteiger partial charge in [0.15, 0.2) is 11.8 Å².